The number of rotatable bonds is 3. The van der Waals surface area contributed by atoms with Gasteiger partial charge in [0, 0.05) is 30.0 Å². The molecule has 0 bridgehead atoms. The van der Waals surface area contributed by atoms with E-state index in [0.717, 1.165) is 24.1 Å². The number of halogens is 1. The van der Waals surface area contributed by atoms with Crippen molar-refractivity contribution in [1.29, 1.82) is 0 Å². The van der Waals surface area contributed by atoms with Gasteiger partial charge in [0.05, 0.1) is 11.3 Å². The molecule has 1 fully saturated rings. The van der Waals surface area contributed by atoms with E-state index in [1.54, 1.807) is 22.5 Å². The number of nitrogens with zero attached hydrogens (tertiary/aromatic N) is 5. The van der Waals surface area contributed by atoms with Crippen molar-refractivity contribution in [3.8, 4) is 11.4 Å². The molecule has 7 nitrogen and oxygen atoms in total. The van der Waals surface area contributed by atoms with Gasteiger partial charge in [-0.05, 0) is 19.8 Å². The second-order valence-corrected chi connectivity index (χ2v) is 7.11. The van der Waals surface area contributed by atoms with Crippen molar-refractivity contribution in [1.82, 2.24) is 24.5 Å². The molecular formula is C10H12ClN5O2S. The van der Waals surface area contributed by atoms with Crippen molar-refractivity contribution in [2.24, 2.45) is 7.05 Å². The average molecular weight is 302 g/mol. The summed E-state index contributed by atoms with van der Waals surface area (Å²) < 4.78 is 26.3. The van der Waals surface area contributed by atoms with Crippen LogP contribution in [0.15, 0.2) is 11.4 Å². The Balaban J connectivity index is 2.23. The maximum absolute atomic E-state index is 11.5. The highest BCUT2D eigenvalue weighted by Crippen LogP contribution is 2.40. The van der Waals surface area contributed by atoms with Gasteiger partial charge in [0.1, 0.15) is 0 Å². The normalized spacial score (nSPS) is 15.9. The van der Waals surface area contributed by atoms with Crippen molar-refractivity contribution >= 4 is 19.7 Å². The molecule has 0 amide bonds. The third-order valence-corrected chi connectivity index (χ3v) is 4.18. The van der Waals surface area contributed by atoms with Crippen LogP contribution in [0.25, 0.3) is 11.4 Å². The summed E-state index contributed by atoms with van der Waals surface area (Å²) in [6, 6.07) is 0.105. The molecule has 1 aliphatic rings. The fraction of sp³-hybridized carbons (Fsp3) is 0.500. The van der Waals surface area contributed by atoms with Gasteiger partial charge < -0.3 is 0 Å². The highest BCUT2D eigenvalue weighted by Gasteiger charge is 2.34. The van der Waals surface area contributed by atoms with Gasteiger partial charge in [-0.2, -0.15) is 5.10 Å². The summed E-state index contributed by atoms with van der Waals surface area (Å²) in [4.78, 5) is 0. The summed E-state index contributed by atoms with van der Waals surface area (Å²) in [6.45, 7) is 1.84. The van der Waals surface area contributed by atoms with Gasteiger partial charge in [-0.1, -0.05) is 0 Å². The second kappa shape index (κ2) is 4.04. The lowest BCUT2D eigenvalue weighted by Crippen LogP contribution is -2.06. The predicted molar refractivity (Wildman–Crippen MR) is 68.3 cm³/mol. The Bertz CT molecular complexity index is 744. The zero-order valence-corrected chi connectivity index (χ0v) is 12.0. The Hall–Kier alpha value is -1.41. The van der Waals surface area contributed by atoms with Crippen LogP contribution in [0.3, 0.4) is 0 Å². The molecule has 0 atom stereocenters. The Morgan fingerprint density at radius 3 is 2.53 bits per heavy atom. The number of hydrogen-bond donors (Lipinski definition) is 0. The number of aromatic nitrogens is 5. The van der Waals surface area contributed by atoms with E-state index in [1.165, 1.54) is 0 Å². The molecule has 102 valence electrons. The molecule has 2 aromatic heterocycles. The van der Waals surface area contributed by atoms with E-state index in [2.05, 4.69) is 15.3 Å². The summed E-state index contributed by atoms with van der Waals surface area (Å²) in [5.41, 5.74) is 1.55. The van der Waals surface area contributed by atoms with Gasteiger partial charge in [0.2, 0.25) is 0 Å². The van der Waals surface area contributed by atoms with Crippen molar-refractivity contribution in [3.05, 3.63) is 11.9 Å². The maximum atomic E-state index is 11.5. The lowest BCUT2D eigenvalue weighted by Gasteiger charge is -2.05. The fourth-order valence-electron chi connectivity index (χ4n) is 2.11. The highest BCUT2D eigenvalue weighted by molar-refractivity contribution is 8.13. The third-order valence-electron chi connectivity index (χ3n) is 3.05. The summed E-state index contributed by atoms with van der Waals surface area (Å²) >= 11 is 0. The van der Waals surface area contributed by atoms with Crippen LogP contribution in [0.1, 0.15) is 24.6 Å². The van der Waals surface area contributed by atoms with E-state index >= 15 is 0 Å². The zero-order chi connectivity index (χ0) is 13.8. The monoisotopic (exact) mass is 301 g/mol. The molecule has 0 aliphatic heterocycles. The average Bonchev–Trinajstić information content (AvgIpc) is 2.93. The van der Waals surface area contributed by atoms with Crippen LogP contribution in [0.2, 0.25) is 0 Å². The van der Waals surface area contributed by atoms with Crippen molar-refractivity contribution in [3.63, 3.8) is 0 Å². The molecule has 9 heteroatoms. The van der Waals surface area contributed by atoms with E-state index < -0.39 is 9.05 Å². The Kier molecular flexibility index (Phi) is 2.68. The van der Waals surface area contributed by atoms with Gasteiger partial charge >= 0.3 is 0 Å². The zero-order valence-electron chi connectivity index (χ0n) is 10.4. The topological polar surface area (TPSA) is 82.7 Å². The molecule has 0 aromatic carbocycles. The minimum Gasteiger partial charge on any atom is -0.294 e. The van der Waals surface area contributed by atoms with Gasteiger partial charge in [0.25, 0.3) is 14.2 Å². The Morgan fingerprint density at radius 1 is 1.37 bits per heavy atom. The van der Waals surface area contributed by atoms with Crippen molar-refractivity contribution in [2.75, 3.05) is 0 Å². The van der Waals surface area contributed by atoms with E-state index in [0.29, 0.717) is 5.82 Å². The number of hydrogen-bond acceptors (Lipinski definition) is 5. The molecule has 2 heterocycles. The molecule has 0 unspecified atom stereocenters. The first-order valence-corrected chi connectivity index (χ1v) is 8.09. The summed E-state index contributed by atoms with van der Waals surface area (Å²) in [6.07, 6.45) is 3.61. The Morgan fingerprint density at radius 2 is 2.05 bits per heavy atom. The van der Waals surface area contributed by atoms with Crippen molar-refractivity contribution < 1.29 is 8.42 Å². The molecule has 0 spiro atoms. The molecule has 1 saturated carbocycles. The summed E-state index contributed by atoms with van der Waals surface area (Å²) in [5.74, 6) is 0.507. The van der Waals surface area contributed by atoms with Crippen LogP contribution < -0.4 is 0 Å². The van der Waals surface area contributed by atoms with E-state index in [-0.39, 0.29) is 11.2 Å². The van der Waals surface area contributed by atoms with E-state index in [1.807, 2.05) is 6.92 Å². The first kappa shape index (κ1) is 12.6. The summed E-state index contributed by atoms with van der Waals surface area (Å²) in [5, 5.41) is 11.8. The minimum atomic E-state index is -3.90. The van der Waals surface area contributed by atoms with Crippen LogP contribution in [-0.2, 0) is 16.1 Å². The predicted octanol–water partition coefficient (Wildman–Crippen LogP) is 1.25. The summed E-state index contributed by atoms with van der Waals surface area (Å²) in [7, 11) is 3.31. The number of aryl methyl sites for hydroxylation is 2. The van der Waals surface area contributed by atoms with Gasteiger partial charge in [-0.15, -0.1) is 10.2 Å². The second-order valence-electron chi connectivity index (χ2n) is 4.65. The van der Waals surface area contributed by atoms with Gasteiger partial charge in [0.15, 0.2) is 5.82 Å². The molecule has 2 aromatic rings. The first-order chi connectivity index (χ1) is 8.88. The van der Waals surface area contributed by atoms with E-state index in [9.17, 15) is 8.42 Å². The highest BCUT2D eigenvalue weighted by atomic mass is 35.7. The maximum Gasteiger partial charge on any atom is 0.296 e. The largest absolute Gasteiger partial charge is 0.296 e. The van der Waals surface area contributed by atoms with Crippen LogP contribution in [0.4, 0.5) is 0 Å². The smallest absolute Gasteiger partial charge is 0.294 e. The van der Waals surface area contributed by atoms with Gasteiger partial charge in [-0.3, -0.25) is 9.25 Å². The van der Waals surface area contributed by atoms with Crippen LogP contribution in [0, 0.1) is 6.92 Å². The standard InChI is InChI=1S/C10H12ClN5O2S/c1-6-8(5-15(2)14-6)9-12-13-10(19(11,17)18)16(9)7-3-4-7/h5,7H,3-4H2,1-2H3. The molecular weight excluding hydrogens is 290 g/mol. The minimum absolute atomic E-state index is 0.105. The molecule has 0 radical (unpaired) electrons. The van der Waals surface area contributed by atoms with E-state index in [4.69, 9.17) is 10.7 Å². The van der Waals surface area contributed by atoms with Crippen LogP contribution in [-0.4, -0.2) is 33.0 Å². The fourth-order valence-corrected chi connectivity index (χ4v) is 3.03. The Labute approximate surface area is 114 Å². The third kappa shape index (κ3) is 2.14. The quantitative estimate of drug-likeness (QED) is 0.797. The SMILES string of the molecule is Cc1nn(C)cc1-c1nnc(S(=O)(=O)Cl)n1C1CC1. The molecule has 3 rings (SSSR count). The van der Waals surface area contributed by atoms with Crippen molar-refractivity contribution in [2.45, 2.75) is 31.0 Å². The van der Waals surface area contributed by atoms with Crippen LogP contribution >= 0.6 is 10.7 Å². The molecule has 1 aliphatic carbocycles. The van der Waals surface area contributed by atoms with Gasteiger partial charge in [-0.25, -0.2) is 8.42 Å². The molecule has 0 N–H and O–H groups in total. The lowest BCUT2D eigenvalue weighted by molar-refractivity contribution is 0.579. The first-order valence-electron chi connectivity index (χ1n) is 5.78. The van der Waals surface area contributed by atoms with Crippen LogP contribution in [0.5, 0.6) is 0 Å². The molecule has 19 heavy (non-hydrogen) atoms. The lowest BCUT2D eigenvalue weighted by atomic mass is 10.2. The molecule has 0 saturated heterocycles.